The van der Waals surface area contributed by atoms with E-state index in [9.17, 15) is 10.1 Å². The Balaban J connectivity index is 2.76. The van der Waals surface area contributed by atoms with Gasteiger partial charge in [-0.2, -0.15) is 5.26 Å². The average Bonchev–Trinajstić information content (AvgIpc) is 3.10. The Hall–Kier alpha value is -1.92. The number of carbonyl (C=O) groups is 1. The minimum Gasteiger partial charge on any atom is -0.469 e. The number of furan rings is 1. The molecule has 0 saturated heterocycles. The number of rotatable bonds is 7. The largest absolute Gasteiger partial charge is 0.469 e. The molecule has 0 aliphatic heterocycles. The van der Waals surface area contributed by atoms with Crippen molar-refractivity contribution in [1.29, 1.82) is 5.26 Å². The van der Waals surface area contributed by atoms with E-state index in [0.717, 1.165) is 0 Å². The fraction of sp³-hybridized carbons (Fsp3) is 0.625. The lowest BCUT2D eigenvalue weighted by Crippen LogP contribution is -2.84. The van der Waals surface area contributed by atoms with Crippen LogP contribution in [0.5, 0.6) is 0 Å². The second-order valence-electron chi connectivity index (χ2n) is 5.19. The zero-order valence-corrected chi connectivity index (χ0v) is 14.3. The standard InChI is InChI=1S/C16H21NO7/c1-6-23-13(18)14(10-17)12(11-8-7-9-24-11)15(19-2,20-3)16(14,21-4)22-5/h7-9,12H,6H2,1-5H3. The molecule has 132 valence electrons. The first-order valence-electron chi connectivity index (χ1n) is 7.34. The predicted molar refractivity (Wildman–Crippen MR) is 79.6 cm³/mol. The summed E-state index contributed by atoms with van der Waals surface area (Å²) in [5, 5.41) is 9.96. The van der Waals surface area contributed by atoms with Crippen molar-refractivity contribution in [3.05, 3.63) is 24.2 Å². The summed E-state index contributed by atoms with van der Waals surface area (Å²) in [6.07, 6.45) is 1.43. The third-order valence-electron chi connectivity index (χ3n) is 4.57. The summed E-state index contributed by atoms with van der Waals surface area (Å²) in [7, 11) is 5.36. The highest BCUT2D eigenvalue weighted by Gasteiger charge is 2.90. The lowest BCUT2D eigenvalue weighted by atomic mass is 9.50. The molecular formula is C16H21NO7. The molecular weight excluding hydrogens is 318 g/mol. The van der Waals surface area contributed by atoms with Crippen LogP contribution in [0.2, 0.25) is 0 Å². The molecule has 0 amide bonds. The van der Waals surface area contributed by atoms with Gasteiger partial charge in [-0.3, -0.25) is 4.79 Å². The van der Waals surface area contributed by atoms with Crippen molar-refractivity contribution in [2.24, 2.45) is 5.41 Å². The summed E-state index contributed by atoms with van der Waals surface area (Å²) in [6.45, 7) is 1.73. The van der Waals surface area contributed by atoms with Crippen molar-refractivity contribution in [2.75, 3.05) is 35.0 Å². The van der Waals surface area contributed by atoms with Crippen LogP contribution in [0.15, 0.2) is 22.8 Å². The van der Waals surface area contributed by atoms with Gasteiger partial charge in [0.2, 0.25) is 11.2 Å². The van der Waals surface area contributed by atoms with Crippen molar-refractivity contribution in [2.45, 2.75) is 24.4 Å². The number of esters is 1. The maximum Gasteiger partial charge on any atom is 0.333 e. The number of ether oxygens (including phenoxy) is 5. The quantitative estimate of drug-likeness (QED) is 0.543. The van der Waals surface area contributed by atoms with E-state index in [4.69, 9.17) is 28.1 Å². The molecule has 2 rings (SSSR count). The molecule has 0 bridgehead atoms. The SMILES string of the molecule is CCOC(=O)C1(C#N)C(c2ccco2)C(OC)(OC)C1(OC)OC. The topological polar surface area (TPSA) is 100 Å². The molecule has 1 aromatic heterocycles. The Morgan fingerprint density at radius 2 is 1.88 bits per heavy atom. The Morgan fingerprint density at radius 1 is 1.25 bits per heavy atom. The van der Waals surface area contributed by atoms with Crippen molar-refractivity contribution in [1.82, 2.24) is 0 Å². The lowest BCUT2D eigenvalue weighted by molar-refractivity contribution is -0.485. The van der Waals surface area contributed by atoms with Crippen LogP contribution < -0.4 is 0 Å². The summed E-state index contributed by atoms with van der Waals surface area (Å²) in [5.41, 5.74) is -1.88. The van der Waals surface area contributed by atoms with Crippen molar-refractivity contribution >= 4 is 5.97 Å². The maximum atomic E-state index is 12.8. The highest BCUT2D eigenvalue weighted by atomic mass is 16.8. The summed E-state index contributed by atoms with van der Waals surface area (Å²) < 4.78 is 32.6. The summed E-state index contributed by atoms with van der Waals surface area (Å²) in [4.78, 5) is 12.8. The zero-order chi connectivity index (χ0) is 18.0. The normalized spacial score (nSPS) is 27.1. The van der Waals surface area contributed by atoms with Gasteiger partial charge in [-0.1, -0.05) is 0 Å². The summed E-state index contributed by atoms with van der Waals surface area (Å²) >= 11 is 0. The Morgan fingerprint density at radius 3 is 2.25 bits per heavy atom. The molecule has 1 saturated carbocycles. The van der Waals surface area contributed by atoms with Crippen LogP contribution in [-0.4, -0.2) is 52.6 Å². The minimum atomic E-state index is -1.88. The third-order valence-corrected chi connectivity index (χ3v) is 4.57. The molecule has 2 atom stereocenters. The Kier molecular flexibility index (Phi) is 5.01. The first-order valence-corrected chi connectivity index (χ1v) is 7.34. The van der Waals surface area contributed by atoms with E-state index in [2.05, 4.69) is 0 Å². The molecule has 8 nitrogen and oxygen atoms in total. The van der Waals surface area contributed by atoms with E-state index in [-0.39, 0.29) is 6.61 Å². The van der Waals surface area contributed by atoms with Gasteiger partial charge in [-0.15, -0.1) is 0 Å². The van der Waals surface area contributed by atoms with E-state index in [0.29, 0.717) is 5.76 Å². The van der Waals surface area contributed by atoms with Crippen molar-refractivity contribution < 1.29 is 32.9 Å². The molecule has 2 unspecified atom stereocenters. The van der Waals surface area contributed by atoms with Crippen LogP contribution in [0.25, 0.3) is 0 Å². The lowest BCUT2D eigenvalue weighted by Gasteiger charge is -2.65. The number of nitriles is 1. The highest BCUT2D eigenvalue weighted by molar-refractivity contribution is 5.86. The molecule has 1 fully saturated rings. The third kappa shape index (κ3) is 1.84. The minimum absolute atomic E-state index is 0.0869. The molecule has 0 radical (unpaired) electrons. The zero-order valence-electron chi connectivity index (χ0n) is 14.3. The van der Waals surface area contributed by atoms with Gasteiger partial charge >= 0.3 is 5.97 Å². The number of hydrogen-bond acceptors (Lipinski definition) is 8. The molecule has 24 heavy (non-hydrogen) atoms. The smallest absolute Gasteiger partial charge is 0.333 e. The van der Waals surface area contributed by atoms with Crippen LogP contribution in [0.4, 0.5) is 0 Å². The van der Waals surface area contributed by atoms with E-state index in [1.54, 1.807) is 19.1 Å². The van der Waals surface area contributed by atoms with Crippen molar-refractivity contribution in [3.63, 3.8) is 0 Å². The van der Waals surface area contributed by atoms with Gasteiger partial charge in [0.15, 0.2) is 0 Å². The molecule has 1 aliphatic rings. The monoisotopic (exact) mass is 339 g/mol. The van der Waals surface area contributed by atoms with E-state index in [1.165, 1.54) is 34.7 Å². The number of carbonyl (C=O) groups excluding carboxylic acids is 1. The fourth-order valence-corrected chi connectivity index (χ4v) is 3.68. The summed E-state index contributed by atoms with van der Waals surface area (Å²) in [6, 6.07) is 5.27. The first-order chi connectivity index (χ1) is 11.5. The fourth-order valence-electron chi connectivity index (χ4n) is 3.68. The molecule has 8 heteroatoms. The Labute approximate surface area is 140 Å². The van der Waals surface area contributed by atoms with Gasteiger partial charge in [0.05, 0.1) is 18.9 Å². The van der Waals surface area contributed by atoms with Crippen LogP contribution in [0, 0.1) is 16.7 Å². The summed E-state index contributed by atoms with van der Waals surface area (Å²) in [5.74, 6) is -4.88. The molecule has 1 aliphatic carbocycles. The van der Waals surface area contributed by atoms with Gasteiger partial charge in [0, 0.05) is 28.4 Å². The van der Waals surface area contributed by atoms with Crippen LogP contribution >= 0.6 is 0 Å². The van der Waals surface area contributed by atoms with Gasteiger partial charge in [-0.05, 0) is 19.1 Å². The van der Waals surface area contributed by atoms with Crippen molar-refractivity contribution in [3.8, 4) is 6.07 Å². The molecule has 0 spiro atoms. The van der Waals surface area contributed by atoms with Gasteiger partial charge in [-0.25, -0.2) is 0 Å². The van der Waals surface area contributed by atoms with Crippen LogP contribution in [0.3, 0.4) is 0 Å². The molecule has 0 N–H and O–H groups in total. The van der Waals surface area contributed by atoms with Crippen LogP contribution in [-0.2, 0) is 28.5 Å². The first kappa shape index (κ1) is 18.4. The highest BCUT2D eigenvalue weighted by Crippen LogP contribution is 2.69. The van der Waals surface area contributed by atoms with E-state index in [1.807, 2.05) is 6.07 Å². The maximum absolute atomic E-state index is 12.8. The Bertz CT molecular complexity index is 613. The molecule has 1 heterocycles. The van der Waals surface area contributed by atoms with E-state index < -0.39 is 28.9 Å². The van der Waals surface area contributed by atoms with Crippen LogP contribution in [0.1, 0.15) is 18.6 Å². The molecule has 0 aromatic carbocycles. The second-order valence-corrected chi connectivity index (χ2v) is 5.19. The number of methoxy groups -OCH3 is 4. The van der Waals surface area contributed by atoms with Gasteiger partial charge in [0.1, 0.15) is 11.7 Å². The average molecular weight is 339 g/mol. The number of hydrogen-bond donors (Lipinski definition) is 0. The van der Waals surface area contributed by atoms with Gasteiger partial charge < -0.3 is 28.1 Å². The van der Waals surface area contributed by atoms with Gasteiger partial charge in [0.25, 0.3) is 5.79 Å². The predicted octanol–water partition coefficient (Wildman–Crippen LogP) is 1.43. The van der Waals surface area contributed by atoms with E-state index >= 15 is 0 Å². The number of nitrogens with zero attached hydrogens (tertiary/aromatic N) is 1. The second kappa shape index (κ2) is 6.53. The molecule has 1 aromatic rings.